The molecule has 3 aliphatic carbocycles. The Bertz CT molecular complexity index is 600. The van der Waals surface area contributed by atoms with Crippen LogP contribution >= 0.6 is 0 Å². The molecule has 22 heavy (non-hydrogen) atoms. The van der Waals surface area contributed by atoms with Gasteiger partial charge in [-0.05, 0) is 37.5 Å². The Morgan fingerprint density at radius 3 is 2.41 bits per heavy atom. The van der Waals surface area contributed by atoms with Gasteiger partial charge < -0.3 is 9.47 Å². The van der Waals surface area contributed by atoms with Crippen molar-refractivity contribution in [1.82, 2.24) is 0 Å². The van der Waals surface area contributed by atoms with E-state index in [-0.39, 0.29) is 22.8 Å². The van der Waals surface area contributed by atoms with E-state index in [2.05, 4.69) is 13.8 Å². The van der Waals surface area contributed by atoms with Gasteiger partial charge in [0.2, 0.25) is 0 Å². The molecule has 5 fully saturated rings. The number of esters is 2. The molecule has 2 heterocycles. The summed E-state index contributed by atoms with van der Waals surface area (Å²) in [7, 11) is 0. The minimum atomic E-state index is -0.534. The van der Waals surface area contributed by atoms with Crippen LogP contribution in [0.4, 0.5) is 0 Å². The van der Waals surface area contributed by atoms with E-state index in [1.54, 1.807) is 0 Å². The predicted octanol–water partition coefficient (Wildman–Crippen LogP) is 2.70. The van der Waals surface area contributed by atoms with E-state index in [0.717, 1.165) is 38.5 Å². The van der Waals surface area contributed by atoms with Crippen LogP contribution in [0.2, 0.25) is 0 Å². The zero-order valence-electron chi connectivity index (χ0n) is 13.4. The molecule has 4 heteroatoms. The largest absolute Gasteiger partial charge is 0.465 e. The minimum absolute atomic E-state index is 0.0802. The van der Waals surface area contributed by atoms with Gasteiger partial charge in [-0.1, -0.05) is 26.7 Å². The molecule has 0 aromatic carbocycles. The molecule has 0 aromatic rings. The van der Waals surface area contributed by atoms with Crippen LogP contribution in [-0.2, 0) is 19.1 Å². The van der Waals surface area contributed by atoms with Crippen LogP contribution in [-0.4, -0.2) is 25.2 Å². The Morgan fingerprint density at radius 1 is 1.00 bits per heavy atom. The standard InChI is InChI=1S/C18H24O4/c1-3-5-12-8-17-13(19)21-9-15(17)6-11(4-2)7-16(15)10-22-14(20)18(12,16)17/h11-12H,3-10H2,1-2H3/t11-,12+,15+,16-,17+,18-/m1/s1. The van der Waals surface area contributed by atoms with Crippen molar-refractivity contribution in [3.8, 4) is 0 Å². The summed E-state index contributed by atoms with van der Waals surface area (Å²) in [5.74, 6) is 0.752. The quantitative estimate of drug-likeness (QED) is 0.752. The highest BCUT2D eigenvalue weighted by atomic mass is 16.6. The van der Waals surface area contributed by atoms with Gasteiger partial charge >= 0.3 is 11.9 Å². The SMILES string of the molecule is CCC[C@H]1C[C@]23C(=O)OC[C@]24C[C@@H](CC)C[C@@]42COC(=O)[C@]123. The number of ether oxygens (including phenoxy) is 2. The van der Waals surface area contributed by atoms with Crippen molar-refractivity contribution in [2.45, 2.75) is 52.4 Å². The third kappa shape index (κ3) is 0.845. The molecule has 0 bridgehead atoms. The highest BCUT2D eigenvalue weighted by Crippen LogP contribution is 2.97. The van der Waals surface area contributed by atoms with E-state index in [4.69, 9.17) is 9.47 Å². The van der Waals surface area contributed by atoms with E-state index in [1.165, 1.54) is 0 Å². The lowest BCUT2D eigenvalue weighted by Gasteiger charge is -2.79. The first kappa shape index (κ1) is 13.4. The molecule has 5 rings (SSSR count). The molecule has 5 aliphatic rings. The van der Waals surface area contributed by atoms with Crippen LogP contribution in [0.15, 0.2) is 0 Å². The number of carbonyl (C=O) groups excluding carboxylic acids is 2. The number of hydrogen-bond acceptors (Lipinski definition) is 4. The lowest BCUT2D eigenvalue weighted by molar-refractivity contribution is -0.348. The maximum absolute atomic E-state index is 12.9. The van der Waals surface area contributed by atoms with E-state index in [1.807, 2.05) is 0 Å². The summed E-state index contributed by atoms with van der Waals surface area (Å²) in [6.07, 6.45) is 6.16. The van der Waals surface area contributed by atoms with E-state index >= 15 is 0 Å². The second-order valence-electron chi connectivity index (χ2n) is 8.40. The molecule has 0 amide bonds. The number of carbonyl (C=O) groups is 2. The number of cyclic esters (lactones) is 2. The molecule has 0 aromatic heterocycles. The first-order chi connectivity index (χ1) is 10.6. The lowest BCUT2D eigenvalue weighted by atomic mass is 9.17. The summed E-state index contributed by atoms with van der Waals surface area (Å²) < 4.78 is 11.3. The molecule has 4 spiro atoms. The molecule has 2 aliphatic heterocycles. The Balaban J connectivity index is 1.72. The van der Waals surface area contributed by atoms with Crippen LogP contribution in [0, 0.1) is 33.5 Å². The summed E-state index contributed by atoms with van der Waals surface area (Å²) >= 11 is 0. The van der Waals surface area contributed by atoms with Crippen molar-refractivity contribution >= 4 is 11.9 Å². The van der Waals surface area contributed by atoms with E-state index in [0.29, 0.717) is 25.0 Å². The number of hydrogen-bond donors (Lipinski definition) is 0. The molecule has 2 saturated heterocycles. The van der Waals surface area contributed by atoms with Gasteiger partial charge in [0.25, 0.3) is 0 Å². The fourth-order valence-corrected chi connectivity index (χ4v) is 7.96. The molecule has 4 nitrogen and oxygen atoms in total. The minimum Gasteiger partial charge on any atom is -0.465 e. The Kier molecular flexibility index (Phi) is 2.15. The molecule has 3 saturated carbocycles. The Hall–Kier alpha value is -1.06. The van der Waals surface area contributed by atoms with Crippen molar-refractivity contribution in [2.75, 3.05) is 13.2 Å². The topological polar surface area (TPSA) is 52.6 Å². The maximum atomic E-state index is 12.9. The summed E-state index contributed by atoms with van der Waals surface area (Å²) in [4.78, 5) is 25.6. The Labute approximate surface area is 130 Å². The second-order valence-corrected chi connectivity index (χ2v) is 8.40. The average Bonchev–Trinajstić information content (AvgIpc) is 3.06. The summed E-state index contributed by atoms with van der Waals surface area (Å²) in [6.45, 7) is 5.44. The Morgan fingerprint density at radius 2 is 1.68 bits per heavy atom. The molecule has 0 unspecified atom stereocenters. The van der Waals surface area contributed by atoms with Crippen molar-refractivity contribution in [3.05, 3.63) is 0 Å². The van der Waals surface area contributed by atoms with Gasteiger partial charge in [0.05, 0.1) is 24.0 Å². The summed E-state index contributed by atoms with van der Waals surface area (Å²) in [6, 6.07) is 0. The van der Waals surface area contributed by atoms with Crippen molar-refractivity contribution in [2.24, 2.45) is 33.5 Å². The molecule has 0 N–H and O–H groups in total. The van der Waals surface area contributed by atoms with E-state index < -0.39 is 10.8 Å². The maximum Gasteiger partial charge on any atom is 0.314 e. The van der Waals surface area contributed by atoms with E-state index in [9.17, 15) is 9.59 Å². The zero-order valence-corrected chi connectivity index (χ0v) is 13.4. The van der Waals surface area contributed by atoms with Crippen LogP contribution in [0.3, 0.4) is 0 Å². The van der Waals surface area contributed by atoms with Gasteiger partial charge in [-0.25, -0.2) is 0 Å². The van der Waals surface area contributed by atoms with Gasteiger partial charge in [-0.15, -0.1) is 0 Å². The fourth-order valence-electron chi connectivity index (χ4n) is 7.96. The van der Waals surface area contributed by atoms with Crippen LogP contribution in [0.1, 0.15) is 52.4 Å². The number of rotatable bonds is 3. The molecule has 6 atom stereocenters. The van der Waals surface area contributed by atoms with Gasteiger partial charge in [0, 0.05) is 10.8 Å². The zero-order chi connectivity index (χ0) is 15.4. The lowest BCUT2D eigenvalue weighted by Crippen LogP contribution is -2.86. The van der Waals surface area contributed by atoms with Crippen molar-refractivity contribution in [3.63, 3.8) is 0 Å². The van der Waals surface area contributed by atoms with Crippen LogP contribution < -0.4 is 0 Å². The highest BCUT2D eigenvalue weighted by molar-refractivity contribution is 5.99. The van der Waals surface area contributed by atoms with Crippen molar-refractivity contribution < 1.29 is 19.1 Å². The predicted molar refractivity (Wildman–Crippen MR) is 77.7 cm³/mol. The third-order valence-electron chi connectivity index (χ3n) is 8.38. The van der Waals surface area contributed by atoms with Gasteiger partial charge in [0.1, 0.15) is 0 Å². The first-order valence-electron chi connectivity index (χ1n) is 8.91. The van der Waals surface area contributed by atoms with Gasteiger partial charge in [-0.3, -0.25) is 9.59 Å². The average molecular weight is 304 g/mol. The third-order valence-corrected chi connectivity index (χ3v) is 8.38. The first-order valence-corrected chi connectivity index (χ1v) is 8.91. The van der Waals surface area contributed by atoms with Crippen LogP contribution in [0.5, 0.6) is 0 Å². The summed E-state index contributed by atoms with van der Waals surface area (Å²) in [5.41, 5.74) is -1.28. The summed E-state index contributed by atoms with van der Waals surface area (Å²) in [5, 5.41) is 0. The van der Waals surface area contributed by atoms with Gasteiger partial charge in [0.15, 0.2) is 0 Å². The molecular weight excluding hydrogens is 280 g/mol. The molecule has 120 valence electrons. The molecule has 0 radical (unpaired) electrons. The van der Waals surface area contributed by atoms with Crippen molar-refractivity contribution in [1.29, 1.82) is 0 Å². The molecular formula is C18H24O4. The highest BCUT2D eigenvalue weighted by Gasteiger charge is 3.03. The fraction of sp³-hybridized carbons (Fsp3) is 0.889. The van der Waals surface area contributed by atoms with Gasteiger partial charge in [-0.2, -0.15) is 0 Å². The smallest absolute Gasteiger partial charge is 0.314 e. The monoisotopic (exact) mass is 304 g/mol. The normalized spacial score (nSPS) is 57.0. The second kappa shape index (κ2) is 3.54. The van der Waals surface area contributed by atoms with Crippen LogP contribution in [0.25, 0.3) is 0 Å².